The van der Waals surface area contributed by atoms with Crippen LogP contribution in [0.5, 0.6) is 0 Å². The van der Waals surface area contributed by atoms with Crippen molar-refractivity contribution in [2.45, 2.75) is 26.3 Å². The van der Waals surface area contributed by atoms with Crippen LogP contribution < -0.4 is 4.90 Å². The number of carbonyl (C=O) groups excluding carboxylic acids is 1. The van der Waals surface area contributed by atoms with Gasteiger partial charge in [0.25, 0.3) is 0 Å². The molecule has 0 bridgehead atoms. The molecule has 1 aromatic carbocycles. The third-order valence-corrected chi connectivity index (χ3v) is 5.44. The quantitative estimate of drug-likeness (QED) is 0.870. The molecule has 0 unspecified atom stereocenters. The normalized spacial score (nSPS) is 24.4. The highest BCUT2D eigenvalue weighted by molar-refractivity contribution is 5.96. The van der Waals surface area contributed by atoms with Crippen LogP contribution in [0.15, 0.2) is 36.7 Å². The maximum absolute atomic E-state index is 12.6. The van der Waals surface area contributed by atoms with E-state index in [0.717, 1.165) is 44.1 Å². The van der Waals surface area contributed by atoms with Gasteiger partial charge in [-0.15, -0.1) is 0 Å². The average Bonchev–Trinajstić information content (AvgIpc) is 3.21. The molecule has 2 fully saturated rings. The van der Waals surface area contributed by atoms with Gasteiger partial charge in [0.05, 0.1) is 6.54 Å². The van der Waals surface area contributed by atoms with E-state index in [9.17, 15) is 4.79 Å². The first-order valence-corrected chi connectivity index (χ1v) is 8.60. The fraction of sp³-hybridized carbons (Fsp3) is 0.474. The summed E-state index contributed by atoms with van der Waals surface area (Å²) in [5.41, 5.74) is 2.34. The Kier molecular flexibility index (Phi) is 3.68. The van der Waals surface area contributed by atoms with Gasteiger partial charge < -0.3 is 9.47 Å². The summed E-state index contributed by atoms with van der Waals surface area (Å²) in [6.07, 6.45) is 5.59. The summed E-state index contributed by atoms with van der Waals surface area (Å²) < 4.78 is 2.07. The van der Waals surface area contributed by atoms with Gasteiger partial charge in [0.15, 0.2) is 0 Å². The van der Waals surface area contributed by atoms with Crippen LogP contribution in [0.3, 0.4) is 0 Å². The lowest BCUT2D eigenvalue weighted by Crippen LogP contribution is -2.31. The Hall–Kier alpha value is -2.14. The monoisotopic (exact) mass is 324 g/mol. The summed E-state index contributed by atoms with van der Waals surface area (Å²) >= 11 is 0. The summed E-state index contributed by atoms with van der Waals surface area (Å²) in [6, 6.07) is 8.26. The highest BCUT2D eigenvalue weighted by Crippen LogP contribution is 2.42. The number of likely N-dealkylation sites (tertiary alicyclic amines) is 1. The lowest BCUT2D eigenvalue weighted by atomic mass is 9.86. The third-order valence-electron chi connectivity index (χ3n) is 5.44. The number of anilines is 1. The van der Waals surface area contributed by atoms with E-state index >= 15 is 0 Å². The molecule has 2 saturated heterocycles. The molecule has 4 rings (SSSR count). The van der Waals surface area contributed by atoms with Gasteiger partial charge in [-0.3, -0.25) is 9.69 Å². The fourth-order valence-electron chi connectivity index (χ4n) is 4.11. The van der Waals surface area contributed by atoms with Crippen molar-refractivity contribution in [1.29, 1.82) is 0 Å². The number of nitrogens with zero attached hydrogens (tertiary/aromatic N) is 4. The number of benzene rings is 1. The van der Waals surface area contributed by atoms with Gasteiger partial charge in [-0.1, -0.05) is 12.1 Å². The molecular weight excluding hydrogens is 300 g/mol. The molecule has 0 N–H and O–H groups in total. The summed E-state index contributed by atoms with van der Waals surface area (Å²) in [6.45, 7) is 5.80. The van der Waals surface area contributed by atoms with E-state index in [-0.39, 0.29) is 11.3 Å². The number of rotatable bonds is 3. The summed E-state index contributed by atoms with van der Waals surface area (Å²) in [7, 11) is 2.03. The smallest absolute Gasteiger partial charge is 0.227 e. The maximum Gasteiger partial charge on any atom is 0.227 e. The molecule has 1 aromatic heterocycles. The second-order valence-electron chi connectivity index (χ2n) is 7.41. The first-order chi connectivity index (χ1) is 11.5. The minimum atomic E-state index is 0.103. The molecule has 0 aliphatic carbocycles. The van der Waals surface area contributed by atoms with E-state index in [1.54, 1.807) is 0 Å². The molecule has 126 valence electrons. The number of aromatic nitrogens is 2. The summed E-state index contributed by atoms with van der Waals surface area (Å²) in [5, 5.41) is 0. The molecule has 2 aliphatic heterocycles. The Morgan fingerprint density at radius 1 is 1.29 bits per heavy atom. The number of hydrogen-bond acceptors (Lipinski definition) is 3. The first-order valence-electron chi connectivity index (χ1n) is 8.60. The zero-order valence-electron chi connectivity index (χ0n) is 14.4. The van der Waals surface area contributed by atoms with Crippen molar-refractivity contribution in [2.24, 2.45) is 12.5 Å². The van der Waals surface area contributed by atoms with Crippen molar-refractivity contribution in [3.63, 3.8) is 0 Å². The number of carbonyl (C=O) groups is 1. The van der Waals surface area contributed by atoms with Crippen molar-refractivity contribution in [2.75, 3.05) is 24.5 Å². The van der Waals surface area contributed by atoms with E-state index in [0.29, 0.717) is 6.42 Å². The lowest BCUT2D eigenvalue weighted by molar-refractivity contribution is -0.117. The van der Waals surface area contributed by atoms with Crippen molar-refractivity contribution < 1.29 is 4.79 Å². The SMILES string of the molecule is Cc1cccc(N2C[C@@]3(CCN(Cc4nccn4C)C3)CC2=O)c1. The van der Waals surface area contributed by atoms with Gasteiger partial charge in [-0.05, 0) is 37.6 Å². The maximum atomic E-state index is 12.6. The molecule has 0 saturated carbocycles. The van der Waals surface area contributed by atoms with Crippen LogP contribution in [0.25, 0.3) is 0 Å². The molecular formula is C19H24N4O. The van der Waals surface area contributed by atoms with Gasteiger partial charge in [0.2, 0.25) is 5.91 Å². The van der Waals surface area contributed by atoms with Crippen LogP contribution in [0.2, 0.25) is 0 Å². The Bertz CT molecular complexity index is 768. The number of imidazole rings is 1. The second-order valence-corrected chi connectivity index (χ2v) is 7.41. The Labute approximate surface area is 142 Å². The predicted molar refractivity (Wildman–Crippen MR) is 93.7 cm³/mol. The van der Waals surface area contributed by atoms with E-state index in [4.69, 9.17) is 0 Å². The molecule has 1 spiro atoms. The minimum absolute atomic E-state index is 0.103. The molecule has 1 atom stereocenters. The Morgan fingerprint density at radius 2 is 2.17 bits per heavy atom. The van der Waals surface area contributed by atoms with Crippen molar-refractivity contribution in [3.8, 4) is 0 Å². The topological polar surface area (TPSA) is 41.4 Å². The van der Waals surface area contributed by atoms with Crippen molar-refractivity contribution in [1.82, 2.24) is 14.5 Å². The summed E-state index contributed by atoms with van der Waals surface area (Å²) in [5.74, 6) is 1.35. The zero-order valence-corrected chi connectivity index (χ0v) is 14.4. The van der Waals surface area contributed by atoms with Gasteiger partial charge in [-0.2, -0.15) is 0 Å². The molecule has 1 amide bonds. The molecule has 2 aromatic rings. The van der Waals surface area contributed by atoms with E-state index in [2.05, 4.69) is 33.5 Å². The highest BCUT2D eigenvalue weighted by atomic mass is 16.2. The second kappa shape index (κ2) is 5.74. The largest absolute Gasteiger partial charge is 0.337 e. The predicted octanol–water partition coefficient (Wildman–Crippen LogP) is 2.36. The van der Waals surface area contributed by atoms with Crippen molar-refractivity contribution in [3.05, 3.63) is 48.0 Å². The standard InChI is InChI=1S/C19H24N4O/c1-15-4-3-5-16(10-15)23-14-19(11-18(23)24)6-8-22(13-19)12-17-20-7-9-21(17)2/h3-5,7,9-10H,6,8,11-14H2,1-2H3/t19-/m0/s1. The minimum Gasteiger partial charge on any atom is -0.337 e. The number of amides is 1. The number of hydrogen-bond donors (Lipinski definition) is 0. The molecule has 0 radical (unpaired) electrons. The molecule has 5 heteroatoms. The van der Waals surface area contributed by atoms with Crippen LogP contribution in [-0.4, -0.2) is 40.0 Å². The van der Waals surface area contributed by atoms with Gasteiger partial charge >= 0.3 is 0 Å². The fourth-order valence-corrected chi connectivity index (χ4v) is 4.11. The van der Waals surface area contributed by atoms with Gasteiger partial charge in [-0.25, -0.2) is 4.98 Å². The van der Waals surface area contributed by atoms with Crippen LogP contribution in [0, 0.1) is 12.3 Å². The Morgan fingerprint density at radius 3 is 2.92 bits per heavy atom. The van der Waals surface area contributed by atoms with Gasteiger partial charge in [0, 0.05) is 50.1 Å². The van der Waals surface area contributed by atoms with Crippen LogP contribution in [-0.2, 0) is 18.4 Å². The van der Waals surface area contributed by atoms with E-state index in [1.807, 2.05) is 36.5 Å². The highest BCUT2D eigenvalue weighted by Gasteiger charge is 2.47. The van der Waals surface area contributed by atoms with E-state index < -0.39 is 0 Å². The average molecular weight is 324 g/mol. The van der Waals surface area contributed by atoms with Gasteiger partial charge in [0.1, 0.15) is 5.82 Å². The lowest BCUT2D eigenvalue weighted by Gasteiger charge is -2.24. The third kappa shape index (κ3) is 2.73. The van der Waals surface area contributed by atoms with E-state index in [1.165, 1.54) is 5.56 Å². The molecule has 3 heterocycles. The summed E-state index contributed by atoms with van der Waals surface area (Å²) in [4.78, 5) is 21.5. The molecule has 24 heavy (non-hydrogen) atoms. The van der Waals surface area contributed by atoms with Crippen LogP contribution in [0.4, 0.5) is 5.69 Å². The Balaban J connectivity index is 1.47. The van der Waals surface area contributed by atoms with Crippen LogP contribution >= 0.6 is 0 Å². The van der Waals surface area contributed by atoms with Crippen LogP contribution in [0.1, 0.15) is 24.2 Å². The zero-order chi connectivity index (χ0) is 16.7. The first kappa shape index (κ1) is 15.4. The molecule has 5 nitrogen and oxygen atoms in total. The van der Waals surface area contributed by atoms with Crippen molar-refractivity contribution >= 4 is 11.6 Å². The number of aryl methyl sites for hydroxylation is 2. The molecule has 2 aliphatic rings.